The first-order chi connectivity index (χ1) is 4.83. The Morgan fingerprint density at radius 2 is 2.30 bits per heavy atom. The molecule has 3 atom stereocenters. The minimum Gasteiger partial charge on any atom is -0.300 e. The summed E-state index contributed by atoms with van der Waals surface area (Å²) in [5, 5.41) is 0. The Morgan fingerprint density at radius 3 is 2.60 bits per heavy atom. The molecule has 56 valence electrons. The molecule has 2 fully saturated rings. The number of hydrogen-bond acceptors (Lipinski definition) is 1. The Hall–Kier alpha value is -0.300. The van der Waals surface area contributed by atoms with Crippen LogP contribution in [0, 0.1) is 5.92 Å². The standard InChI is InChI=1S/C9H15N/c1-3-7-6-8-4-5-9(7)10(8)2/h3,7-9H,1,4-6H2,2H3/t7-,8+,9-/m1/s1. The molecule has 0 aromatic heterocycles. The monoisotopic (exact) mass is 137 g/mol. The second-order valence-corrected chi connectivity index (χ2v) is 3.60. The zero-order valence-corrected chi connectivity index (χ0v) is 6.59. The summed E-state index contributed by atoms with van der Waals surface area (Å²) in [6.45, 7) is 3.87. The first-order valence-corrected chi connectivity index (χ1v) is 4.17. The number of hydrogen-bond donors (Lipinski definition) is 0. The molecule has 1 heteroatoms. The quantitative estimate of drug-likeness (QED) is 0.497. The predicted molar refractivity (Wildman–Crippen MR) is 42.9 cm³/mol. The lowest BCUT2D eigenvalue weighted by molar-refractivity contribution is 0.303. The molecule has 2 rings (SSSR count). The van der Waals surface area contributed by atoms with Crippen LogP contribution in [0.15, 0.2) is 12.7 Å². The third kappa shape index (κ3) is 0.671. The molecular formula is C9H15N. The number of nitrogens with zero attached hydrogens (tertiary/aromatic N) is 1. The second-order valence-electron chi connectivity index (χ2n) is 3.60. The molecule has 0 aliphatic carbocycles. The highest BCUT2D eigenvalue weighted by molar-refractivity contribution is 5.04. The molecule has 0 aromatic rings. The fourth-order valence-electron chi connectivity index (χ4n) is 2.57. The van der Waals surface area contributed by atoms with E-state index < -0.39 is 0 Å². The van der Waals surface area contributed by atoms with Crippen LogP contribution in [0.25, 0.3) is 0 Å². The predicted octanol–water partition coefficient (Wildman–Crippen LogP) is 1.66. The Bertz CT molecular complexity index is 153. The molecular weight excluding hydrogens is 122 g/mol. The van der Waals surface area contributed by atoms with Gasteiger partial charge in [0, 0.05) is 12.1 Å². The molecule has 0 N–H and O–H groups in total. The van der Waals surface area contributed by atoms with Crippen LogP contribution in [0.5, 0.6) is 0 Å². The summed E-state index contributed by atoms with van der Waals surface area (Å²) in [5.74, 6) is 0.795. The molecule has 10 heavy (non-hydrogen) atoms. The van der Waals surface area contributed by atoms with Crippen LogP contribution in [0.4, 0.5) is 0 Å². The van der Waals surface area contributed by atoms with Crippen LogP contribution in [-0.4, -0.2) is 24.0 Å². The molecule has 0 unspecified atom stereocenters. The van der Waals surface area contributed by atoms with Crippen LogP contribution in [0.3, 0.4) is 0 Å². The molecule has 2 aliphatic rings. The average molecular weight is 137 g/mol. The van der Waals surface area contributed by atoms with Gasteiger partial charge in [0.1, 0.15) is 0 Å². The maximum atomic E-state index is 3.87. The van der Waals surface area contributed by atoms with Crippen molar-refractivity contribution < 1.29 is 0 Å². The third-order valence-corrected chi connectivity index (χ3v) is 3.24. The summed E-state index contributed by atoms with van der Waals surface area (Å²) in [7, 11) is 2.26. The van der Waals surface area contributed by atoms with Crippen LogP contribution >= 0.6 is 0 Å². The normalized spacial score (nSPS) is 46.3. The number of rotatable bonds is 1. The molecule has 0 aromatic carbocycles. The molecule has 0 amide bonds. The first kappa shape index (κ1) is 6.41. The zero-order chi connectivity index (χ0) is 7.14. The van der Waals surface area contributed by atoms with Crippen molar-refractivity contribution in [1.29, 1.82) is 0 Å². The summed E-state index contributed by atoms with van der Waals surface area (Å²) in [5.41, 5.74) is 0. The Morgan fingerprint density at radius 1 is 1.50 bits per heavy atom. The smallest absolute Gasteiger partial charge is 0.0159 e. The van der Waals surface area contributed by atoms with Gasteiger partial charge in [0.05, 0.1) is 0 Å². The number of fused-ring (bicyclic) bond motifs is 2. The fraction of sp³-hybridized carbons (Fsp3) is 0.778. The summed E-state index contributed by atoms with van der Waals surface area (Å²) in [4.78, 5) is 2.53. The molecule has 2 heterocycles. The fourth-order valence-corrected chi connectivity index (χ4v) is 2.57. The Balaban J connectivity index is 2.15. The van der Waals surface area contributed by atoms with E-state index in [0.29, 0.717) is 0 Å². The van der Waals surface area contributed by atoms with E-state index in [0.717, 1.165) is 18.0 Å². The van der Waals surface area contributed by atoms with E-state index >= 15 is 0 Å². The maximum absolute atomic E-state index is 3.87. The Kier molecular flexibility index (Phi) is 1.34. The first-order valence-electron chi connectivity index (χ1n) is 4.17. The topological polar surface area (TPSA) is 3.24 Å². The SMILES string of the molecule is C=C[C@@H]1C[C@@H]2CC[C@H]1N2C. The van der Waals surface area contributed by atoms with Crippen molar-refractivity contribution in [3.05, 3.63) is 12.7 Å². The van der Waals surface area contributed by atoms with Crippen LogP contribution in [0.2, 0.25) is 0 Å². The third-order valence-electron chi connectivity index (χ3n) is 3.24. The van der Waals surface area contributed by atoms with Crippen LogP contribution in [0.1, 0.15) is 19.3 Å². The van der Waals surface area contributed by atoms with E-state index in [2.05, 4.69) is 24.6 Å². The molecule has 0 spiro atoms. The van der Waals surface area contributed by atoms with Gasteiger partial charge in [0.25, 0.3) is 0 Å². The minimum atomic E-state index is 0.795. The van der Waals surface area contributed by atoms with Gasteiger partial charge >= 0.3 is 0 Å². The molecule has 2 aliphatic heterocycles. The van der Waals surface area contributed by atoms with E-state index in [-0.39, 0.29) is 0 Å². The summed E-state index contributed by atoms with van der Waals surface area (Å²) in [6, 6.07) is 1.72. The highest BCUT2D eigenvalue weighted by Gasteiger charge is 2.42. The summed E-state index contributed by atoms with van der Waals surface area (Å²) >= 11 is 0. The maximum Gasteiger partial charge on any atom is 0.0159 e. The van der Waals surface area contributed by atoms with Crippen molar-refractivity contribution >= 4 is 0 Å². The van der Waals surface area contributed by atoms with Crippen molar-refractivity contribution in [2.75, 3.05) is 7.05 Å². The van der Waals surface area contributed by atoms with Crippen molar-refractivity contribution in [3.63, 3.8) is 0 Å². The minimum absolute atomic E-state index is 0.795. The molecule has 2 bridgehead atoms. The van der Waals surface area contributed by atoms with Gasteiger partial charge in [-0.3, -0.25) is 4.90 Å². The van der Waals surface area contributed by atoms with Crippen LogP contribution in [-0.2, 0) is 0 Å². The molecule has 0 radical (unpaired) electrons. The van der Waals surface area contributed by atoms with E-state index in [1.54, 1.807) is 0 Å². The lowest BCUT2D eigenvalue weighted by Gasteiger charge is -2.17. The average Bonchev–Trinajstić information content (AvgIpc) is 2.46. The Labute approximate surface area is 62.7 Å². The van der Waals surface area contributed by atoms with Gasteiger partial charge in [0.15, 0.2) is 0 Å². The second kappa shape index (κ2) is 2.09. The van der Waals surface area contributed by atoms with Crippen molar-refractivity contribution in [2.45, 2.75) is 31.3 Å². The summed E-state index contributed by atoms with van der Waals surface area (Å²) in [6.07, 6.45) is 6.33. The van der Waals surface area contributed by atoms with E-state index in [4.69, 9.17) is 0 Å². The summed E-state index contributed by atoms with van der Waals surface area (Å²) < 4.78 is 0. The zero-order valence-electron chi connectivity index (χ0n) is 6.59. The van der Waals surface area contributed by atoms with E-state index in [1.807, 2.05) is 0 Å². The largest absolute Gasteiger partial charge is 0.300 e. The van der Waals surface area contributed by atoms with Crippen molar-refractivity contribution in [2.24, 2.45) is 5.92 Å². The van der Waals surface area contributed by atoms with Gasteiger partial charge in [-0.05, 0) is 32.2 Å². The van der Waals surface area contributed by atoms with Gasteiger partial charge in [-0.25, -0.2) is 0 Å². The van der Waals surface area contributed by atoms with Gasteiger partial charge in [-0.2, -0.15) is 0 Å². The van der Waals surface area contributed by atoms with Gasteiger partial charge in [0.2, 0.25) is 0 Å². The molecule has 0 saturated carbocycles. The van der Waals surface area contributed by atoms with Crippen molar-refractivity contribution in [1.82, 2.24) is 4.90 Å². The van der Waals surface area contributed by atoms with E-state index in [1.165, 1.54) is 19.3 Å². The van der Waals surface area contributed by atoms with Crippen LogP contribution < -0.4 is 0 Å². The molecule has 1 nitrogen and oxygen atoms in total. The van der Waals surface area contributed by atoms with Crippen molar-refractivity contribution in [3.8, 4) is 0 Å². The molecule has 2 saturated heterocycles. The highest BCUT2D eigenvalue weighted by atomic mass is 15.2. The lowest BCUT2D eigenvalue weighted by Crippen LogP contribution is -2.24. The van der Waals surface area contributed by atoms with Gasteiger partial charge in [-0.1, -0.05) is 6.08 Å². The van der Waals surface area contributed by atoms with Gasteiger partial charge < -0.3 is 0 Å². The lowest BCUT2D eigenvalue weighted by atomic mass is 9.89. The van der Waals surface area contributed by atoms with Gasteiger partial charge in [-0.15, -0.1) is 6.58 Å². The highest BCUT2D eigenvalue weighted by Crippen LogP contribution is 2.40. The van der Waals surface area contributed by atoms with E-state index in [9.17, 15) is 0 Å².